The second-order valence-corrected chi connectivity index (χ2v) is 7.70. The molecule has 0 bridgehead atoms. The maximum atomic E-state index is 12.6. The van der Waals surface area contributed by atoms with Crippen molar-refractivity contribution in [1.29, 1.82) is 0 Å². The number of carbonyl (C=O) groups is 3. The highest BCUT2D eigenvalue weighted by Crippen LogP contribution is 2.36. The van der Waals surface area contributed by atoms with Crippen LogP contribution in [0.4, 0.5) is 5.69 Å². The zero-order valence-electron chi connectivity index (χ0n) is 15.8. The highest BCUT2D eigenvalue weighted by molar-refractivity contribution is 6.31. The number of fused-ring (bicyclic) bond motifs is 1. The molecule has 7 heteroatoms. The minimum absolute atomic E-state index is 0.234. The Bertz CT molecular complexity index is 1120. The molecule has 29 heavy (non-hydrogen) atoms. The number of anilines is 1. The van der Waals surface area contributed by atoms with E-state index in [4.69, 9.17) is 11.6 Å². The average molecular weight is 410 g/mol. The first kappa shape index (κ1) is 19.2. The van der Waals surface area contributed by atoms with Crippen molar-refractivity contribution in [2.75, 3.05) is 5.32 Å². The number of aromatic nitrogens is 1. The average Bonchev–Trinajstić information content (AvgIpc) is 3.13. The maximum absolute atomic E-state index is 12.6. The lowest BCUT2D eigenvalue weighted by Gasteiger charge is -2.35. The predicted octanol–water partition coefficient (Wildman–Crippen LogP) is 4.16. The van der Waals surface area contributed by atoms with E-state index in [0.29, 0.717) is 35.7 Å². The summed E-state index contributed by atoms with van der Waals surface area (Å²) >= 11 is 6.00. The van der Waals surface area contributed by atoms with E-state index in [0.717, 1.165) is 16.5 Å². The van der Waals surface area contributed by atoms with Crippen molar-refractivity contribution in [3.63, 3.8) is 0 Å². The van der Waals surface area contributed by atoms with Gasteiger partial charge in [-0.05, 0) is 54.8 Å². The Kier molecular flexibility index (Phi) is 4.88. The van der Waals surface area contributed by atoms with E-state index in [9.17, 15) is 14.4 Å². The molecule has 1 saturated heterocycles. The largest absolute Gasteiger partial charge is 0.351 e. The summed E-state index contributed by atoms with van der Waals surface area (Å²) in [5.74, 6) is -0.761. The Morgan fingerprint density at radius 3 is 2.59 bits per heavy atom. The molecule has 0 saturated carbocycles. The van der Waals surface area contributed by atoms with Gasteiger partial charge in [0.05, 0.1) is 5.41 Å². The topological polar surface area (TPSA) is 91.1 Å². The van der Waals surface area contributed by atoms with Crippen LogP contribution in [0.2, 0.25) is 5.02 Å². The van der Waals surface area contributed by atoms with Gasteiger partial charge in [0.2, 0.25) is 11.8 Å². The van der Waals surface area contributed by atoms with Crippen molar-refractivity contribution >= 4 is 45.9 Å². The SMILES string of the molecule is CCC1(c2ccc(NC(=O)c3cc4cc(Cl)ccc4[nH]3)cc2)CCC(=O)NC1=O. The van der Waals surface area contributed by atoms with Gasteiger partial charge in [0.15, 0.2) is 0 Å². The lowest BCUT2D eigenvalue weighted by molar-refractivity contribution is -0.138. The number of piperidine rings is 1. The number of hydrogen-bond acceptors (Lipinski definition) is 3. The second-order valence-electron chi connectivity index (χ2n) is 7.26. The van der Waals surface area contributed by atoms with Crippen LogP contribution >= 0.6 is 11.6 Å². The third kappa shape index (κ3) is 3.51. The van der Waals surface area contributed by atoms with Gasteiger partial charge in [-0.1, -0.05) is 30.7 Å². The maximum Gasteiger partial charge on any atom is 0.272 e. The van der Waals surface area contributed by atoms with Crippen LogP contribution in [0.1, 0.15) is 42.2 Å². The van der Waals surface area contributed by atoms with Crippen molar-refractivity contribution in [3.8, 4) is 0 Å². The van der Waals surface area contributed by atoms with Gasteiger partial charge in [0.1, 0.15) is 5.69 Å². The van der Waals surface area contributed by atoms with E-state index < -0.39 is 5.41 Å². The summed E-state index contributed by atoms with van der Waals surface area (Å²) in [6.45, 7) is 1.94. The second kappa shape index (κ2) is 7.37. The van der Waals surface area contributed by atoms with Gasteiger partial charge in [0, 0.05) is 28.0 Å². The Morgan fingerprint density at radius 1 is 1.14 bits per heavy atom. The summed E-state index contributed by atoms with van der Waals surface area (Å²) in [5, 5.41) is 6.77. The minimum atomic E-state index is -0.715. The molecule has 1 atom stereocenters. The van der Waals surface area contributed by atoms with E-state index in [-0.39, 0.29) is 17.7 Å². The Hall–Kier alpha value is -3.12. The molecule has 4 rings (SSSR count). The van der Waals surface area contributed by atoms with Crippen molar-refractivity contribution in [1.82, 2.24) is 10.3 Å². The molecule has 1 aromatic heterocycles. The van der Waals surface area contributed by atoms with Crippen LogP contribution in [-0.2, 0) is 15.0 Å². The monoisotopic (exact) mass is 409 g/mol. The zero-order chi connectivity index (χ0) is 20.6. The normalized spacial score (nSPS) is 19.2. The van der Waals surface area contributed by atoms with Gasteiger partial charge >= 0.3 is 0 Å². The first-order valence-electron chi connectivity index (χ1n) is 9.46. The molecule has 0 spiro atoms. The quantitative estimate of drug-likeness (QED) is 0.565. The molecular weight excluding hydrogens is 390 g/mol. The predicted molar refractivity (Wildman–Crippen MR) is 112 cm³/mol. The van der Waals surface area contributed by atoms with Gasteiger partial charge in [-0.15, -0.1) is 0 Å². The molecule has 2 aromatic carbocycles. The van der Waals surface area contributed by atoms with Crippen LogP contribution in [0.25, 0.3) is 10.9 Å². The Balaban J connectivity index is 1.53. The fourth-order valence-electron chi connectivity index (χ4n) is 3.86. The number of H-pyrrole nitrogens is 1. The third-order valence-electron chi connectivity index (χ3n) is 5.59. The molecule has 1 unspecified atom stereocenters. The van der Waals surface area contributed by atoms with E-state index >= 15 is 0 Å². The number of amides is 3. The summed E-state index contributed by atoms with van der Waals surface area (Å²) in [6.07, 6.45) is 1.40. The van der Waals surface area contributed by atoms with Crippen molar-refractivity contribution < 1.29 is 14.4 Å². The molecule has 3 aromatic rings. The Labute approximate surface area is 172 Å². The van der Waals surface area contributed by atoms with Crippen molar-refractivity contribution in [3.05, 3.63) is 64.8 Å². The number of halogens is 1. The fraction of sp³-hybridized carbons (Fsp3) is 0.227. The molecule has 3 N–H and O–H groups in total. The molecule has 0 aliphatic carbocycles. The summed E-state index contributed by atoms with van der Waals surface area (Å²) in [4.78, 5) is 39.7. The van der Waals surface area contributed by atoms with E-state index in [1.165, 1.54) is 0 Å². The molecular formula is C22H20ClN3O3. The number of carbonyl (C=O) groups excluding carboxylic acids is 3. The highest BCUT2D eigenvalue weighted by atomic mass is 35.5. The van der Waals surface area contributed by atoms with E-state index in [1.807, 2.05) is 25.1 Å². The summed E-state index contributed by atoms with van der Waals surface area (Å²) in [7, 11) is 0. The number of nitrogens with one attached hydrogen (secondary N) is 3. The van der Waals surface area contributed by atoms with Gasteiger partial charge in [-0.25, -0.2) is 0 Å². The molecule has 2 heterocycles. The van der Waals surface area contributed by atoms with Crippen LogP contribution in [0, 0.1) is 0 Å². The van der Waals surface area contributed by atoms with Gasteiger partial charge in [-0.2, -0.15) is 0 Å². The molecule has 1 aliphatic rings. The van der Waals surface area contributed by atoms with Crippen molar-refractivity contribution in [2.45, 2.75) is 31.6 Å². The first-order valence-corrected chi connectivity index (χ1v) is 9.83. The number of benzene rings is 2. The van der Waals surface area contributed by atoms with Gasteiger partial charge in [-0.3, -0.25) is 19.7 Å². The molecule has 0 radical (unpaired) electrons. The number of rotatable bonds is 4. The minimum Gasteiger partial charge on any atom is -0.351 e. The van der Waals surface area contributed by atoms with Crippen molar-refractivity contribution in [2.24, 2.45) is 0 Å². The van der Waals surface area contributed by atoms with Gasteiger partial charge in [0.25, 0.3) is 5.91 Å². The summed E-state index contributed by atoms with van der Waals surface area (Å²) in [5.41, 5.74) is 2.00. The standard InChI is InChI=1S/C22H20ClN3O3/c1-2-22(10-9-19(27)26-21(22)29)14-3-6-16(7-4-14)24-20(28)18-12-13-11-15(23)5-8-17(13)25-18/h3-8,11-12,25H,2,9-10H2,1H3,(H,24,28)(H,26,27,29). The zero-order valence-corrected chi connectivity index (χ0v) is 16.6. The first-order chi connectivity index (χ1) is 13.9. The molecule has 3 amide bonds. The van der Waals surface area contributed by atoms with Crippen LogP contribution in [0.5, 0.6) is 0 Å². The lowest BCUT2D eigenvalue weighted by atomic mass is 9.72. The molecule has 6 nitrogen and oxygen atoms in total. The van der Waals surface area contributed by atoms with E-state index in [2.05, 4.69) is 15.6 Å². The van der Waals surface area contributed by atoms with Gasteiger partial charge < -0.3 is 10.3 Å². The van der Waals surface area contributed by atoms with Crippen LogP contribution in [0.3, 0.4) is 0 Å². The lowest BCUT2D eigenvalue weighted by Crippen LogP contribution is -2.51. The number of aromatic amines is 1. The van der Waals surface area contributed by atoms with Crippen LogP contribution < -0.4 is 10.6 Å². The van der Waals surface area contributed by atoms with E-state index in [1.54, 1.807) is 30.3 Å². The Morgan fingerprint density at radius 2 is 1.90 bits per heavy atom. The summed E-state index contributed by atoms with van der Waals surface area (Å²) in [6, 6.07) is 14.3. The molecule has 1 aliphatic heterocycles. The number of hydrogen-bond donors (Lipinski definition) is 3. The molecule has 148 valence electrons. The molecule has 1 fully saturated rings. The third-order valence-corrected chi connectivity index (χ3v) is 5.83. The summed E-state index contributed by atoms with van der Waals surface area (Å²) < 4.78 is 0. The fourth-order valence-corrected chi connectivity index (χ4v) is 4.04. The van der Waals surface area contributed by atoms with Crippen LogP contribution in [-0.4, -0.2) is 22.7 Å². The smallest absolute Gasteiger partial charge is 0.272 e. The number of imide groups is 1. The highest BCUT2D eigenvalue weighted by Gasteiger charge is 2.42. The van der Waals surface area contributed by atoms with Crippen LogP contribution in [0.15, 0.2) is 48.5 Å².